The molecule has 0 bridgehead atoms. The van der Waals surface area contributed by atoms with Gasteiger partial charge in [-0.1, -0.05) is 6.07 Å². The third kappa shape index (κ3) is 2.31. The number of halogens is 1. The van der Waals surface area contributed by atoms with Crippen molar-refractivity contribution in [3.8, 4) is 22.5 Å². The Morgan fingerprint density at radius 3 is 2.81 bits per heavy atom. The summed E-state index contributed by atoms with van der Waals surface area (Å²) in [5.74, 6) is 0. The molecule has 0 spiro atoms. The SMILES string of the molecule is Ic1cccc(-c2cnc3[nH]c(-c4cn[nH]c4)cc3c2)n1. The van der Waals surface area contributed by atoms with Gasteiger partial charge in [-0.25, -0.2) is 9.97 Å². The largest absolute Gasteiger partial charge is 0.339 e. The van der Waals surface area contributed by atoms with Gasteiger partial charge in [0.2, 0.25) is 0 Å². The molecule has 6 heteroatoms. The predicted molar refractivity (Wildman–Crippen MR) is 89.6 cm³/mol. The molecule has 0 atom stereocenters. The molecule has 0 unspecified atom stereocenters. The molecular formula is C15H10IN5. The highest BCUT2D eigenvalue weighted by atomic mass is 127. The molecule has 0 saturated heterocycles. The topological polar surface area (TPSA) is 70.2 Å². The van der Waals surface area contributed by atoms with Crippen molar-refractivity contribution < 1.29 is 0 Å². The van der Waals surface area contributed by atoms with Gasteiger partial charge in [-0.2, -0.15) is 5.10 Å². The first-order valence-corrected chi connectivity index (χ1v) is 7.48. The number of rotatable bonds is 2. The number of aromatic amines is 2. The molecule has 4 aromatic heterocycles. The van der Waals surface area contributed by atoms with E-state index in [1.54, 1.807) is 6.20 Å². The van der Waals surface area contributed by atoms with E-state index in [-0.39, 0.29) is 0 Å². The fourth-order valence-corrected chi connectivity index (χ4v) is 2.75. The number of nitrogens with zero attached hydrogens (tertiary/aromatic N) is 3. The number of H-pyrrole nitrogens is 2. The lowest BCUT2D eigenvalue weighted by Gasteiger charge is -2.00. The molecule has 4 heterocycles. The molecule has 0 fully saturated rings. The van der Waals surface area contributed by atoms with E-state index in [0.717, 1.165) is 37.2 Å². The third-order valence-electron chi connectivity index (χ3n) is 3.29. The highest BCUT2D eigenvalue weighted by Gasteiger charge is 2.07. The number of aromatic nitrogens is 5. The van der Waals surface area contributed by atoms with E-state index in [0.29, 0.717) is 0 Å². The molecule has 2 N–H and O–H groups in total. The smallest absolute Gasteiger partial charge is 0.137 e. The zero-order valence-electron chi connectivity index (χ0n) is 10.8. The molecule has 0 aliphatic carbocycles. The molecule has 0 aliphatic heterocycles. The maximum atomic E-state index is 4.53. The van der Waals surface area contributed by atoms with E-state index in [9.17, 15) is 0 Å². The van der Waals surface area contributed by atoms with Crippen LogP contribution in [0.2, 0.25) is 0 Å². The molecule has 21 heavy (non-hydrogen) atoms. The lowest BCUT2D eigenvalue weighted by Crippen LogP contribution is -1.87. The van der Waals surface area contributed by atoms with Gasteiger partial charge in [-0.05, 0) is 46.9 Å². The Balaban J connectivity index is 1.83. The van der Waals surface area contributed by atoms with Gasteiger partial charge in [0.1, 0.15) is 9.35 Å². The average molecular weight is 387 g/mol. The van der Waals surface area contributed by atoms with Gasteiger partial charge < -0.3 is 4.98 Å². The second kappa shape index (κ2) is 4.96. The molecule has 0 radical (unpaired) electrons. The van der Waals surface area contributed by atoms with Gasteiger partial charge in [0, 0.05) is 28.9 Å². The summed E-state index contributed by atoms with van der Waals surface area (Å²) in [6, 6.07) is 10.1. The van der Waals surface area contributed by atoms with Crippen molar-refractivity contribution in [2.75, 3.05) is 0 Å². The third-order valence-corrected chi connectivity index (χ3v) is 3.89. The Morgan fingerprint density at radius 2 is 2.00 bits per heavy atom. The minimum Gasteiger partial charge on any atom is -0.339 e. The molecule has 0 amide bonds. The summed E-state index contributed by atoms with van der Waals surface area (Å²) < 4.78 is 0.971. The highest BCUT2D eigenvalue weighted by Crippen LogP contribution is 2.26. The summed E-state index contributed by atoms with van der Waals surface area (Å²) in [6.07, 6.45) is 5.48. The second-order valence-corrected chi connectivity index (χ2v) is 5.78. The van der Waals surface area contributed by atoms with E-state index < -0.39 is 0 Å². The van der Waals surface area contributed by atoms with E-state index >= 15 is 0 Å². The highest BCUT2D eigenvalue weighted by molar-refractivity contribution is 14.1. The Labute approximate surface area is 134 Å². The maximum absolute atomic E-state index is 4.53. The molecule has 0 aliphatic rings. The lowest BCUT2D eigenvalue weighted by molar-refractivity contribution is 1.09. The molecule has 5 nitrogen and oxygen atoms in total. The van der Waals surface area contributed by atoms with Crippen LogP contribution < -0.4 is 0 Å². The summed E-state index contributed by atoms with van der Waals surface area (Å²) in [4.78, 5) is 12.3. The number of hydrogen-bond donors (Lipinski definition) is 2. The fourth-order valence-electron chi connectivity index (χ4n) is 2.28. The molecule has 4 rings (SSSR count). The van der Waals surface area contributed by atoms with Gasteiger partial charge in [0.25, 0.3) is 0 Å². The number of fused-ring (bicyclic) bond motifs is 1. The monoisotopic (exact) mass is 387 g/mol. The normalized spacial score (nSPS) is 11.1. The average Bonchev–Trinajstić information content (AvgIpc) is 3.15. The number of hydrogen-bond acceptors (Lipinski definition) is 3. The van der Waals surface area contributed by atoms with Crippen molar-refractivity contribution in [1.82, 2.24) is 25.1 Å². The first kappa shape index (κ1) is 12.5. The molecule has 0 saturated carbocycles. The van der Waals surface area contributed by atoms with Gasteiger partial charge in [-0.15, -0.1) is 0 Å². The van der Waals surface area contributed by atoms with Gasteiger partial charge in [-0.3, -0.25) is 5.10 Å². The first-order valence-electron chi connectivity index (χ1n) is 6.40. The van der Waals surface area contributed by atoms with Crippen molar-refractivity contribution >= 4 is 33.6 Å². The van der Waals surface area contributed by atoms with Crippen LogP contribution in [-0.4, -0.2) is 25.1 Å². The summed E-state index contributed by atoms with van der Waals surface area (Å²) in [5, 5.41) is 7.84. The van der Waals surface area contributed by atoms with Gasteiger partial charge in [0.15, 0.2) is 0 Å². The van der Waals surface area contributed by atoms with Gasteiger partial charge >= 0.3 is 0 Å². The molecule has 4 aromatic rings. The standard InChI is InChI=1S/C15H10IN5/c16-14-3-1-2-12(20-14)10-4-9-5-13(11-7-18-19-8-11)21-15(9)17-6-10/h1-8H,(H,17,21)(H,18,19). The summed E-state index contributed by atoms with van der Waals surface area (Å²) >= 11 is 2.21. The molecular weight excluding hydrogens is 377 g/mol. The van der Waals surface area contributed by atoms with Crippen LogP contribution in [0.15, 0.2) is 48.9 Å². The second-order valence-electron chi connectivity index (χ2n) is 4.68. The zero-order valence-corrected chi connectivity index (χ0v) is 13.0. The van der Waals surface area contributed by atoms with Crippen LogP contribution in [-0.2, 0) is 0 Å². The van der Waals surface area contributed by atoms with Crippen molar-refractivity contribution in [1.29, 1.82) is 0 Å². The number of nitrogens with one attached hydrogen (secondary N) is 2. The minimum atomic E-state index is 0.862. The first-order chi connectivity index (χ1) is 10.3. The molecule has 0 aromatic carbocycles. The van der Waals surface area contributed by atoms with Crippen LogP contribution in [0.4, 0.5) is 0 Å². The zero-order chi connectivity index (χ0) is 14.2. The maximum Gasteiger partial charge on any atom is 0.137 e. The Morgan fingerprint density at radius 1 is 1.05 bits per heavy atom. The predicted octanol–water partition coefficient (Wildman–Crippen LogP) is 3.62. The Bertz CT molecular complexity index is 911. The minimum absolute atomic E-state index is 0.862. The lowest BCUT2D eigenvalue weighted by atomic mass is 10.1. The van der Waals surface area contributed by atoms with E-state index in [2.05, 4.69) is 59.9 Å². The Hall–Kier alpha value is -2.22. The fraction of sp³-hybridized carbons (Fsp3) is 0. The van der Waals surface area contributed by atoms with Crippen LogP contribution in [0, 0.1) is 3.70 Å². The molecule has 102 valence electrons. The summed E-state index contributed by atoms with van der Waals surface area (Å²) in [7, 11) is 0. The van der Waals surface area contributed by atoms with E-state index in [1.807, 2.05) is 30.6 Å². The summed E-state index contributed by atoms with van der Waals surface area (Å²) in [5.41, 5.74) is 4.82. The number of pyridine rings is 2. The van der Waals surface area contributed by atoms with E-state index in [1.165, 1.54) is 0 Å². The van der Waals surface area contributed by atoms with Crippen LogP contribution >= 0.6 is 22.6 Å². The Kier molecular flexibility index (Phi) is 2.95. The van der Waals surface area contributed by atoms with Gasteiger partial charge in [0.05, 0.1) is 17.6 Å². The van der Waals surface area contributed by atoms with Crippen molar-refractivity contribution in [2.45, 2.75) is 0 Å². The van der Waals surface area contributed by atoms with E-state index in [4.69, 9.17) is 0 Å². The summed E-state index contributed by atoms with van der Waals surface area (Å²) in [6.45, 7) is 0. The van der Waals surface area contributed by atoms with Crippen molar-refractivity contribution in [3.05, 3.63) is 52.6 Å². The quantitative estimate of drug-likeness (QED) is 0.408. The van der Waals surface area contributed by atoms with Crippen LogP contribution in [0.1, 0.15) is 0 Å². The van der Waals surface area contributed by atoms with Crippen LogP contribution in [0.5, 0.6) is 0 Å². The van der Waals surface area contributed by atoms with Crippen molar-refractivity contribution in [2.24, 2.45) is 0 Å². The van der Waals surface area contributed by atoms with Crippen molar-refractivity contribution in [3.63, 3.8) is 0 Å². The van der Waals surface area contributed by atoms with Crippen LogP contribution in [0.25, 0.3) is 33.5 Å². The van der Waals surface area contributed by atoms with Crippen LogP contribution in [0.3, 0.4) is 0 Å².